The zero-order valence-corrected chi connectivity index (χ0v) is 12.7. The summed E-state index contributed by atoms with van der Waals surface area (Å²) in [6.45, 7) is 11.6. The van der Waals surface area contributed by atoms with Crippen LogP contribution in [0.1, 0.15) is 60.3 Å². The molecule has 0 heterocycles. The van der Waals surface area contributed by atoms with E-state index in [9.17, 15) is 4.79 Å². The van der Waals surface area contributed by atoms with Gasteiger partial charge in [0.05, 0.1) is 0 Å². The van der Waals surface area contributed by atoms with Crippen LogP contribution >= 0.6 is 0 Å². The molecule has 0 aromatic rings. The van der Waals surface area contributed by atoms with Crippen LogP contribution in [-0.4, -0.2) is 29.4 Å². The third kappa shape index (κ3) is 5.85. The maximum absolute atomic E-state index is 12.3. The molecule has 0 radical (unpaired) electrons. The van der Waals surface area contributed by atoms with Gasteiger partial charge in [0.15, 0.2) is 0 Å². The van der Waals surface area contributed by atoms with Gasteiger partial charge in [0.1, 0.15) is 0 Å². The van der Waals surface area contributed by atoms with E-state index in [1.54, 1.807) is 0 Å². The van der Waals surface area contributed by atoms with E-state index in [1.165, 1.54) is 12.8 Å². The highest BCUT2D eigenvalue weighted by molar-refractivity contribution is 5.77. The largest absolute Gasteiger partial charge is 0.340 e. The van der Waals surface area contributed by atoms with Crippen LogP contribution in [0.2, 0.25) is 0 Å². The maximum Gasteiger partial charge on any atom is 0.224 e. The van der Waals surface area contributed by atoms with Gasteiger partial charge in [-0.25, -0.2) is 0 Å². The number of nitrogens with two attached hydrogens (primary N) is 1. The van der Waals surface area contributed by atoms with E-state index < -0.39 is 0 Å². The van der Waals surface area contributed by atoms with Gasteiger partial charge in [-0.3, -0.25) is 4.79 Å². The summed E-state index contributed by atoms with van der Waals surface area (Å²) in [5.41, 5.74) is 6.29. The molecule has 106 valence electrons. The molecule has 0 aromatic carbocycles. The Labute approximate surface area is 112 Å². The molecule has 1 atom stereocenters. The SMILES string of the molecule is CC(C)N(CC1CC1)C(=O)CC(N)CC(C)(C)C. The van der Waals surface area contributed by atoms with Crippen molar-refractivity contribution in [3.63, 3.8) is 0 Å². The van der Waals surface area contributed by atoms with Gasteiger partial charge < -0.3 is 10.6 Å². The highest BCUT2D eigenvalue weighted by atomic mass is 16.2. The van der Waals surface area contributed by atoms with E-state index in [1.807, 2.05) is 4.90 Å². The Balaban J connectivity index is 2.44. The Kier molecular flexibility index (Phi) is 5.20. The van der Waals surface area contributed by atoms with Gasteiger partial charge in [-0.15, -0.1) is 0 Å². The lowest BCUT2D eigenvalue weighted by Gasteiger charge is -2.29. The molecule has 18 heavy (non-hydrogen) atoms. The molecule has 3 nitrogen and oxygen atoms in total. The van der Waals surface area contributed by atoms with Crippen molar-refractivity contribution in [3.05, 3.63) is 0 Å². The summed E-state index contributed by atoms with van der Waals surface area (Å²) < 4.78 is 0. The standard InChI is InChI=1S/C15H30N2O/c1-11(2)17(10-12-6-7-12)14(18)8-13(16)9-15(3,4)5/h11-13H,6-10,16H2,1-5H3. The van der Waals surface area contributed by atoms with Crippen molar-refractivity contribution in [2.24, 2.45) is 17.1 Å². The first-order valence-electron chi connectivity index (χ1n) is 7.24. The maximum atomic E-state index is 12.3. The zero-order valence-electron chi connectivity index (χ0n) is 12.7. The molecule has 0 aromatic heterocycles. The smallest absolute Gasteiger partial charge is 0.224 e. The minimum absolute atomic E-state index is 0.0158. The fourth-order valence-electron chi connectivity index (χ4n) is 2.38. The van der Waals surface area contributed by atoms with Crippen molar-refractivity contribution in [1.29, 1.82) is 0 Å². The van der Waals surface area contributed by atoms with Gasteiger partial charge in [0.25, 0.3) is 0 Å². The Bertz CT molecular complexity index is 277. The Hall–Kier alpha value is -0.570. The first-order valence-corrected chi connectivity index (χ1v) is 7.24. The molecule has 1 fully saturated rings. The molecule has 0 saturated heterocycles. The molecule has 1 rings (SSSR count). The van der Waals surface area contributed by atoms with Crippen LogP contribution in [0.5, 0.6) is 0 Å². The van der Waals surface area contributed by atoms with Crippen molar-refractivity contribution < 1.29 is 4.79 Å². The third-order valence-electron chi connectivity index (χ3n) is 3.41. The number of amides is 1. The lowest BCUT2D eigenvalue weighted by molar-refractivity contribution is -0.133. The fraction of sp³-hybridized carbons (Fsp3) is 0.933. The van der Waals surface area contributed by atoms with E-state index in [0.717, 1.165) is 18.9 Å². The van der Waals surface area contributed by atoms with Crippen molar-refractivity contribution in [2.45, 2.75) is 72.4 Å². The monoisotopic (exact) mass is 254 g/mol. The highest BCUT2D eigenvalue weighted by Crippen LogP contribution is 2.30. The summed E-state index contributed by atoms with van der Waals surface area (Å²) in [5, 5.41) is 0. The van der Waals surface area contributed by atoms with Crippen LogP contribution < -0.4 is 5.73 Å². The summed E-state index contributed by atoms with van der Waals surface area (Å²) in [6.07, 6.45) is 3.95. The molecule has 1 unspecified atom stereocenters. The molecule has 1 saturated carbocycles. The van der Waals surface area contributed by atoms with Crippen LogP contribution in [0.25, 0.3) is 0 Å². The zero-order chi connectivity index (χ0) is 13.9. The Morgan fingerprint density at radius 3 is 2.28 bits per heavy atom. The number of hydrogen-bond acceptors (Lipinski definition) is 2. The van der Waals surface area contributed by atoms with E-state index in [2.05, 4.69) is 34.6 Å². The second-order valence-electron chi connectivity index (χ2n) is 7.31. The second kappa shape index (κ2) is 6.05. The van der Waals surface area contributed by atoms with Crippen LogP contribution in [0.15, 0.2) is 0 Å². The molecule has 3 heteroatoms. The second-order valence-corrected chi connectivity index (χ2v) is 7.31. The molecule has 1 aliphatic carbocycles. The molecule has 2 N–H and O–H groups in total. The summed E-state index contributed by atoms with van der Waals surface area (Å²) in [7, 11) is 0. The van der Waals surface area contributed by atoms with Gasteiger partial charge >= 0.3 is 0 Å². The Morgan fingerprint density at radius 2 is 1.89 bits per heavy atom. The fourth-order valence-corrected chi connectivity index (χ4v) is 2.38. The summed E-state index contributed by atoms with van der Waals surface area (Å²) >= 11 is 0. The van der Waals surface area contributed by atoms with Crippen molar-refractivity contribution >= 4 is 5.91 Å². The average molecular weight is 254 g/mol. The average Bonchev–Trinajstić information content (AvgIpc) is 2.92. The quantitative estimate of drug-likeness (QED) is 0.792. The van der Waals surface area contributed by atoms with Crippen LogP contribution in [0, 0.1) is 11.3 Å². The lowest BCUT2D eigenvalue weighted by atomic mass is 9.87. The predicted octanol–water partition coefficient (Wildman–Crippen LogP) is 2.79. The minimum atomic E-state index is -0.0158. The summed E-state index contributed by atoms with van der Waals surface area (Å²) in [5.74, 6) is 0.976. The minimum Gasteiger partial charge on any atom is -0.340 e. The van der Waals surface area contributed by atoms with Crippen LogP contribution in [-0.2, 0) is 4.79 Å². The van der Waals surface area contributed by atoms with Crippen molar-refractivity contribution in [2.75, 3.05) is 6.54 Å². The first-order chi connectivity index (χ1) is 8.19. The molecule has 0 bridgehead atoms. The molecule has 0 aliphatic heterocycles. The van der Waals surface area contributed by atoms with E-state index in [0.29, 0.717) is 12.5 Å². The van der Waals surface area contributed by atoms with E-state index in [-0.39, 0.29) is 17.4 Å². The van der Waals surface area contributed by atoms with E-state index in [4.69, 9.17) is 5.73 Å². The van der Waals surface area contributed by atoms with Gasteiger partial charge in [-0.05, 0) is 44.4 Å². The topological polar surface area (TPSA) is 46.3 Å². The molecular formula is C15H30N2O. The predicted molar refractivity (Wildman–Crippen MR) is 76.2 cm³/mol. The summed E-state index contributed by atoms with van der Waals surface area (Å²) in [6, 6.07) is 0.276. The van der Waals surface area contributed by atoms with Gasteiger partial charge in [-0.1, -0.05) is 20.8 Å². The lowest BCUT2D eigenvalue weighted by Crippen LogP contribution is -2.42. The van der Waals surface area contributed by atoms with E-state index >= 15 is 0 Å². The third-order valence-corrected chi connectivity index (χ3v) is 3.41. The summed E-state index contributed by atoms with van der Waals surface area (Å²) in [4.78, 5) is 14.3. The van der Waals surface area contributed by atoms with Gasteiger partial charge in [-0.2, -0.15) is 0 Å². The number of rotatable bonds is 6. The number of carbonyl (C=O) groups is 1. The van der Waals surface area contributed by atoms with Crippen molar-refractivity contribution in [3.8, 4) is 0 Å². The molecule has 1 amide bonds. The van der Waals surface area contributed by atoms with Gasteiger partial charge in [0, 0.05) is 25.0 Å². The first kappa shape index (κ1) is 15.5. The highest BCUT2D eigenvalue weighted by Gasteiger charge is 2.29. The number of carbonyl (C=O) groups excluding carboxylic acids is 1. The van der Waals surface area contributed by atoms with Crippen molar-refractivity contribution in [1.82, 2.24) is 4.90 Å². The van der Waals surface area contributed by atoms with Gasteiger partial charge in [0.2, 0.25) is 5.91 Å². The molecule has 1 aliphatic rings. The molecule has 0 spiro atoms. The van der Waals surface area contributed by atoms with Crippen LogP contribution in [0.3, 0.4) is 0 Å². The number of nitrogens with zero attached hydrogens (tertiary/aromatic N) is 1. The Morgan fingerprint density at radius 1 is 1.33 bits per heavy atom. The van der Waals surface area contributed by atoms with Crippen LogP contribution in [0.4, 0.5) is 0 Å². The number of hydrogen-bond donors (Lipinski definition) is 1. The normalized spacial score (nSPS) is 17.9. The molecular weight excluding hydrogens is 224 g/mol.